The van der Waals surface area contributed by atoms with Gasteiger partial charge in [-0.25, -0.2) is 0 Å². The van der Waals surface area contributed by atoms with Gasteiger partial charge in [0.05, 0.1) is 0 Å². The third kappa shape index (κ3) is 1.80. The Bertz CT molecular complexity index is 337. The largest absolute Gasteiger partial charge is 0.0978 e. The molecule has 0 amide bonds. The Labute approximate surface area is 84.0 Å². The van der Waals surface area contributed by atoms with E-state index in [1.165, 1.54) is 10.5 Å². The van der Waals surface area contributed by atoms with E-state index in [1.807, 2.05) is 11.8 Å². The summed E-state index contributed by atoms with van der Waals surface area (Å²) >= 11 is 1.86. The minimum absolute atomic E-state index is 0.681. The summed E-state index contributed by atoms with van der Waals surface area (Å²) in [5.74, 6) is 0.681. The lowest BCUT2D eigenvalue weighted by molar-refractivity contribution is 0.738. The van der Waals surface area contributed by atoms with Crippen LogP contribution in [0.2, 0.25) is 0 Å². The zero-order chi connectivity index (χ0) is 9.26. The average Bonchev–Trinajstić information content (AvgIpc) is 2.17. The number of allylic oxidation sites excluding steroid dienone is 1. The third-order valence-electron chi connectivity index (χ3n) is 2.45. The van der Waals surface area contributed by atoms with Crippen LogP contribution in [-0.4, -0.2) is 0 Å². The molecule has 0 saturated carbocycles. The van der Waals surface area contributed by atoms with Crippen molar-refractivity contribution in [3.8, 4) is 0 Å². The summed E-state index contributed by atoms with van der Waals surface area (Å²) in [7, 11) is 0. The Morgan fingerprint density at radius 1 is 1.23 bits per heavy atom. The molecule has 0 unspecified atom stereocenters. The van der Waals surface area contributed by atoms with Gasteiger partial charge in [0.1, 0.15) is 0 Å². The monoisotopic (exact) mass is 190 g/mol. The zero-order valence-electron chi connectivity index (χ0n) is 8.08. The first-order chi connectivity index (χ1) is 6.27. The molecule has 1 heteroatoms. The lowest BCUT2D eigenvalue weighted by Gasteiger charge is -2.18. The van der Waals surface area contributed by atoms with Crippen molar-refractivity contribution in [1.82, 2.24) is 0 Å². The SMILES string of the molecule is CC(C)C1=CSc2ccccc2C1. The number of hydrogen-bond acceptors (Lipinski definition) is 1. The second-order valence-electron chi connectivity index (χ2n) is 3.75. The van der Waals surface area contributed by atoms with Gasteiger partial charge in [-0.05, 0) is 29.4 Å². The van der Waals surface area contributed by atoms with Crippen molar-refractivity contribution in [3.63, 3.8) is 0 Å². The molecular formula is C12H14S. The Kier molecular flexibility index (Phi) is 2.45. The first-order valence-electron chi connectivity index (χ1n) is 4.71. The van der Waals surface area contributed by atoms with E-state index in [2.05, 4.69) is 43.5 Å². The molecule has 1 heterocycles. The molecule has 0 nitrogen and oxygen atoms in total. The molecule has 2 rings (SSSR count). The maximum Gasteiger partial charge on any atom is 0.0151 e. The van der Waals surface area contributed by atoms with Gasteiger partial charge in [0.25, 0.3) is 0 Å². The summed E-state index contributed by atoms with van der Waals surface area (Å²) in [5, 5.41) is 2.31. The lowest BCUT2D eigenvalue weighted by Crippen LogP contribution is -2.02. The molecule has 68 valence electrons. The van der Waals surface area contributed by atoms with Crippen LogP contribution in [0.4, 0.5) is 0 Å². The van der Waals surface area contributed by atoms with Crippen LogP contribution in [0.25, 0.3) is 0 Å². The van der Waals surface area contributed by atoms with Crippen molar-refractivity contribution in [2.24, 2.45) is 5.92 Å². The van der Waals surface area contributed by atoms with Gasteiger partial charge in [-0.2, -0.15) is 0 Å². The second kappa shape index (κ2) is 3.59. The van der Waals surface area contributed by atoms with E-state index < -0.39 is 0 Å². The van der Waals surface area contributed by atoms with Gasteiger partial charge in [0, 0.05) is 4.90 Å². The van der Waals surface area contributed by atoms with E-state index in [0.29, 0.717) is 5.92 Å². The lowest BCUT2D eigenvalue weighted by atomic mass is 9.97. The van der Waals surface area contributed by atoms with Crippen molar-refractivity contribution in [1.29, 1.82) is 0 Å². The zero-order valence-corrected chi connectivity index (χ0v) is 8.90. The van der Waals surface area contributed by atoms with Gasteiger partial charge in [-0.3, -0.25) is 0 Å². The molecule has 0 atom stereocenters. The van der Waals surface area contributed by atoms with Crippen LogP contribution in [0.5, 0.6) is 0 Å². The van der Waals surface area contributed by atoms with Crippen molar-refractivity contribution < 1.29 is 0 Å². The van der Waals surface area contributed by atoms with Crippen LogP contribution in [-0.2, 0) is 6.42 Å². The Morgan fingerprint density at radius 3 is 2.77 bits per heavy atom. The van der Waals surface area contributed by atoms with Gasteiger partial charge in [0.2, 0.25) is 0 Å². The molecule has 1 aromatic rings. The predicted molar refractivity (Wildman–Crippen MR) is 58.9 cm³/mol. The molecular weight excluding hydrogens is 176 g/mol. The van der Waals surface area contributed by atoms with Gasteiger partial charge in [0.15, 0.2) is 0 Å². The van der Waals surface area contributed by atoms with Crippen LogP contribution in [0.1, 0.15) is 19.4 Å². The van der Waals surface area contributed by atoms with Crippen molar-refractivity contribution in [2.75, 3.05) is 0 Å². The van der Waals surface area contributed by atoms with E-state index in [-0.39, 0.29) is 0 Å². The Balaban J connectivity index is 2.28. The summed E-state index contributed by atoms with van der Waals surface area (Å²) < 4.78 is 0. The number of fused-ring (bicyclic) bond motifs is 1. The summed E-state index contributed by atoms with van der Waals surface area (Å²) in [6, 6.07) is 8.67. The average molecular weight is 190 g/mol. The Hall–Kier alpha value is -0.690. The molecule has 0 aliphatic carbocycles. The molecule has 0 N–H and O–H groups in total. The van der Waals surface area contributed by atoms with Crippen LogP contribution < -0.4 is 0 Å². The van der Waals surface area contributed by atoms with Gasteiger partial charge in [-0.15, -0.1) is 0 Å². The van der Waals surface area contributed by atoms with Crippen molar-refractivity contribution in [2.45, 2.75) is 25.2 Å². The second-order valence-corrected chi connectivity index (χ2v) is 4.66. The summed E-state index contributed by atoms with van der Waals surface area (Å²) in [5.41, 5.74) is 3.04. The standard InChI is InChI=1S/C12H14S/c1-9(2)11-7-10-5-3-4-6-12(10)13-8-11/h3-6,8-9H,7H2,1-2H3. The van der Waals surface area contributed by atoms with Gasteiger partial charge in [-0.1, -0.05) is 49.4 Å². The van der Waals surface area contributed by atoms with Crippen molar-refractivity contribution >= 4 is 11.8 Å². The third-order valence-corrected chi connectivity index (χ3v) is 3.52. The van der Waals surface area contributed by atoms with Crippen LogP contribution >= 0.6 is 11.8 Å². The number of hydrogen-bond donors (Lipinski definition) is 0. The first kappa shape index (κ1) is 8.89. The first-order valence-corrected chi connectivity index (χ1v) is 5.59. The van der Waals surface area contributed by atoms with Crippen LogP contribution in [0, 0.1) is 5.92 Å². The van der Waals surface area contributed by atoms with E-state index in [1.54, 1.807) is 5.57 Å². The smallest absolute Gasteiger partial charge is 0.0151 e. The summed E-state index contributed by atoms with van der Waals surface area (Å²) in [6.45, 7) is 4.53. The highest BCUT2D eigenvalue weighted by atomic mass is 32.2. The van der Waals surface area contributed by atoms with E-state index >= 15 is 0 Å². The Morgan fingerprint density at radius 2 is 2.00 bits per heavy atom. The fourth-order valence-electron chi connectivity index (χ4n) is 1.51. The maximum absolute atomic E-state index is 2.31. The van der Waals surface area contributed by atoms with Crippen LogP contribution in [0.3, 0.4) is 0 Å². The fraction of sp³-hybridized carbons (Fsp3) is 0.333. The molecule has 0 aromatic heterocycles. The van der Waals surface area contributed by atoms with Gasteiger partial charge >= 0.3 is 0 Å². The quantitative estimate of drug-likeness (QED) is 0.647. The molecule has 0 saturated heterocycles. The molecule has 0 radical (unpaired) electrons. The molecule has 13 heavy (non-hydrogen) atoms. The molecule has 1 aliphatic heterocycles. The van der Waals surface area contributed by atoms with E-state index in [4.69, 9.17) is 0 Å². The number of rotatable bonds is 1. The highest BCUT2D eigenvalue weighted by Crippen LogP contribution is 2.34. The minimum atomic E-state index is 0.681. The number of benzene rings is 1. The maximum atomic E-state index is 2.31. The molecule has 0 fully saturated rings. The molecule has 0 bridgehead atoms. The summed E-state index contributed by atoms with van der Waals surface area (Å²) in [4.78, 5) is 1.42. The summed E-state index contributed by atoms with van der Waals surface area (Å²) in [6.07, 6.45) is 1.14. The number of thioether (sulfide) groups is 1. The highest BCUT2D eigenvalue weighted by Gasteiger charge is 2.12. The molecule has 1 aromatic carbocycles. The normalized spacial score (nSPS) is 15.5. The predicted octanol–water partition coefficient (Wildman–Crippen LogP) is 3.87. The minimum Gasteiger partial charge on any atom is -0.0978 e. The molecule has 0 spiro atoms. The topological polar surface area (TPSA) is 0 Å². The van der Waals surface area contributed by atoms with Crippen molar-refractivity contribution in [3.05, 3.63) is 40.8 Å². The van der Waals surface area contributed by atoms with E-state index in [0.717, 1.165) is 6.42 Å². The molecule has 1 aliphatic rings. The van der Waals surface area contributed by atoms with E-state index in [9.17, 15) is 0 Å². The highest BCUT2D eigenvalue weighted by molar-refractivity contribution is 8.02. The van der Waals surface area contributed by atoms with Crippen LogP contribution in [0.15, 0.2) is 40.1 Å². The van der Waals surface area contributed by atoms with Gasteiger partial charge < -0.3 is 0 Å². The fourth-order valence-corrected chi connectivity index (χ4v) is 2.59.